The predicted octanol–water partition coefficient (Wildman–Crippen LogP) is 4.40. The molecule has 0 heterocycles. The Morgan fingerprint density at radius 1 is 0.964 bits per heavy atom. The SMILES string of the molecule is COc1ccc(NC(=O)c2ccccc2NS(=O)(=O)c2ccccc2)cc1Cl. The largest absolute Gasteiger partial charge is 0.495 e. The standard InChI is InChI=1S/C20H17ClN2O4S/c1-27-19-12-11-14(13-17(19)21)22-20(24)16-9-5-6-10-18(16)23-28(25,26)15-7-3-2-4-8-15/h2-13,23H,1H3,(H,22,24). The van der Waals surface area contributed by atoms with E-state index in [1.165, 1.54) is 31.4 Å². The maximum Gasteiger partial charge on any atom is 0.261 e. The van der Waals surface area contributed by atoms with Crippen LogP contribution in [0.3, 0.4) is 0 Å². The Morgan fingerprint density at radius 2 is 1.64 bits per heavy atom. The Labute approximate surface area is 168 Å². The van der Waals surface area contributed by atoms with Crippen LogP contribution in [0.5, 0.6) is 5.75 Å². The number of para-hydroxylation sites is 1. The number of methoxy groups -OCH3 is 1. The van der Waals surface area contributed by atoms with Crippen molar-refractivity contribution in [1.82, 2.24) is 0 Å². The molecule has 0 radical (unpaired) electrons. The smallest absolute Gasteiger partial charge is 0.261 e. The van der Waals surface area contributed by atoms with Crippen LogP contribution in [0.2, 0.25) is 5.02 Å². The molecular weight excluding hydrogens is 400 g/mol. The molecule has 0 aliphatic rings. The van der Waals surface area contributed by atoms with E-state index in [-0.39, 0.29) is 16.1 Å². The Kier molecular flexibility index (Phi) is 5.87. The second kappa shape index (κ2) is 8.33. The van der Waals surface area contributed by atoms with Crippen LogP contribution in [0.1, 0.15) is 10.4 Å². The topological polar surface area (TPSA) is 84.5 Å². The molecule has 0 bridgehead atoms. The minimum Gasteiger partial charge on any atom is -0.495 e. The highest BCUT2D eigenvalue weighted by molar-refractivity contribution is 7.92. The number of hydrogen-bond donors (Lipinski definition) is 2. The van der Waals surface area contributed by atoms with Gasteiger partial charge >= 0.3 is 0 Å². The summed E-state index contributed by atoms with van der Waals surface area (Å²) in [5.41, 5.74) is 0.800. The molecule has 1 amide bonds. The first-order valence-electron chi connectivity index (χ1n) is 8.22. The Hall–Kier alpha value is -3.03. The molecular formula is C20H17ClN2O4S. The number of rotatable bonds is 6. The molecule has 0 saturated carbocycles. The molecule has 0 atom stereocenters. The molecule has 0 fully saturated rings. The van der Waals surface area contributed by atoms with E-state index in [2.05, 4.69) is 10.0 Å². The second-order valence-corrected chi connectivity index (χ2v) is 7.86. The van der Waals surface area contributed by atoms with Crippen molar-refractivity contribution < 1.29 is 17.9 Å². The van der Waals surface area contributed by atoms with Crippen molar-refractivity contribution >= 4 is 38.9 Å². The highest BCUT2D eigenvalue weighted by Gasteiger charge is 2.18. The number of anilines is 2. The van der Waals surface area contributed by atoms with Gasteiger partial charge in [-0.25, -0.2) is 8.42 Å². The van der Waals surface area contributed by atoms with E-state index in [1.807, 2.05) is 0 Å². The van der Waals surface area contributed by atoms with Gasteiger partial charge in [0.25, 0.3) is 15.9 Å². The Bertz CT molecular complexity index is 1100. The van der Waals surface area contributed by atoms with Gasteiger partial charge in [0.15, 0.2) is 0 Å². The molecule has 28 heavy (non-hydrogen) atoms. The number of carbonyl (C=O) groups excluding carboxylic acids is 1. The van der Waals surface area contributed by atoms with Crippen LogP contribution in [0.25, 0.3) is 0 Å². The summed E-state index contributed by atoms with van der Waals surface area (Å²) < 4.78 is 32.7. The monoisotopic (exact) mass is 416 g/mol. The van der Waals surface area contributed by atoms with E-state index in [0.29, 0.717) is 16.5 Å². The molecule has 2 N–H and O–H groups in total. The molecule has 3 aromatic rings. The number of ether oxygens (including phenoxy) is 1. The van der Waals surface area contributed by atoms with Crippen LogP contribution < -0.4 is 14.8 Å². The minimum atomic E-state index is -3.83. The number of benzene rings is 3. The van der Waals surface area contributed by atoms with Crippen LogP contribution in [-0.4, -0.2) is 21.4 Å². The maximum absolute atomic E-state index is 12.7. The van der Waals surface area contributed by atoms with E-state index in [1.54, 1.807) is 48.5 Å². The summed E-state index contributed by atoms with van der Waals surface area (Å²) in [5.74, 6) is 0.00304. The highest BCUT2D eigenvalue weighted by Crippen LogP contribution is 2.28. The van der Waals surface area contributed by atoms with Crippen LogP contribution in [0, 0.1) is 0 Å². The average molecular weight is 417 g/mol. The van der Waals surface area contributed by atoms with Crippen molar-refractivity contribution in [1.29, 1.82) is 0 Å². The van der Waals surface area contributed by atoms with Crippen molar-refractivity contribution in [3.8, 4) is 5.75 Å². The summed E-state index contributed by atoms with van der Waals surface area (Å²) in [6.07, 6.45) is 0. The first-order valence-corrected chi connectivity index (χ1v) is 10.1. The van der Waals surface area contributed by atoms with Gasteiger partial charge in [0.2, 0.25) is 0 Å². The molecule has 0 spiro atoms. The maximum atomic E-state index is 12.7. The van der Waals surface area contributed by atoms with Gasteiger partial charge < -0.3 is 10.1 Å². The number of hydrogen-bond acceptors (Lipinski definition) is 4. The van der Waals surface area contributed by atoms with E-state index < -0.39 is 15.9 Å². The van der Waals surface area contributed by atoms with Crippen molar-refractivity contribution in [2.75, 3.05) is 17.1 Å². The molecule has 0 aliphatic carbocycles. The first kappa shape index (κ1) is 19.7. The van der Waals surface area contributed by atoms with E-state index in [0.717, 1.165) is 0 Å². The molecule has 0 aliphatic heterocycles. The third-order valence-electron chi connectivity index (χ3n) is 3.88. The van der Waals surface area contributed by atoms with Gasteiger partial charge in [-0.15, -0.1) is 0 Å². The van der Waals surface area contributed by atoms with E-state index in [9.17, 15) is 13.2 Å². The van der Waals surface area contributed by atoms with E-state index >= 15 is 0 Å². The Morgan fingerprint density at radius 3 is 2.32 bits per heavy atom. The van der Waals surface area contributed by atoms with Crippen LogP contribution >= 0.6 is 11.6 Å². The molecule has 3 aromatic carbocycles. The summed E-state index contributed by atoms with van der Waals surface area (Å²) >= 11 is 6.08. The van der Waals surface area contributed by atoms with Gasteiger partial charge in [-0.3, -0.25) is 9.52 Å². The lowest BCUT2D eigenvalue weighted by Gasteiger charge is -2.13. The van der Waals surface area contributed by atoms with Gasteiger partial charge in [0, 0.05) is 5.69 Å². The zero-order valence-corrected chi connectivity index (χ0v) is 16.4. The number of nitrogens with one attached hydrogen (secondary N) is 2. The van der Waals surface area contributed by atoms with Crippen LogP contribution in [-0.2, 0) is 10.0 Å². The quantitative estimate of drug-likeness (QED) is 0.623. The van der Waals surface area contributed by atoms with Gasteiger partial charge in [-0.05, 0) is 42.5 Å². The van der Waals surface area contributed by atoms with Crippen molar-refractivity contribution in [3.63, 3.8) is 0 Å². The summed E-state index contributed by atoms with van der Waals surface area (Å²) in [6.45, 7) is 0. The van der Waals surface area contributed by atoms with Crippen LogP contribution in [0.15, 0.2) is 77.7 Å². The fourth-order valence-electron chi connectivity index (χ4n) is 2.52. The minimum absolute atomic E-state index is 0.104. The molecule has 144 valence electrons. The van der Waals surface area contributed by atoms with Crippen molar-refractivity contribution in [2.24, 2.45) is 0 Å². The van der Waals surface area contributed by atoms with Crippen LogP contribution in [0.4, 0.5) is 11.4 Å². The fraction of sp³-hybridized carbons (Fsp3) is 0.0500. The van der Waals surface area contributed by atoms with Crippen molar-refractivity contribution in [2.45, 2.75) is 4.90 Å². The highest BCUT2D eigenvalue weighted by atomic mass is 35.5. The lowest BCUT2D eigenvalue weighted by atomic mass is 10.1. The zero-order valence-electron chi connectivity index (χ0n) is 14.8. The summed E-state index contributed by atoms with van der Waals surface area (Å²) in [4.78, 5) is 12.8. The molecule has 6 nitrogen and oxygen atoms in total. The molecule has 3 rings (SSSR count). The number of amides is 1. The van der Waals surface area contributed by atoms with Gasteiger partial charge in [0.05, 0.1) is 28.3 Å². The van der Waals surface area contributed by atoms with Gasteiger partial charge in [-0.2, -0.15) is 0 Å². The predicted molar refractivity (Wildman–Crippen MR) is 110 cm³/mol. The summed E-state index contributed by atoms with van der Waals surface area (Å²) in [6, 6.07) is 19.1. The third kappa shape index (κ3) is 4.44. The number of halogens is 1. The molecule has 0 saturated heterocycles. The number of sulfonamides is 1. The van der Waals surface area contributed by atoms with Gasteiger partial charge in [-0.1, -0.05) is 41.9 Å². The molecule has 8 heteroatoms. The fourth-order valence-corrected chi connectivity index (χ4v) is 3.87. The second-order valence-electron chi connectivity index (χ2n) is 5.77. The summed E-state index contributed by atoms with van der Waals surface area (Å²) in [7, 11) is -2.33. The van der Waals surface area contributed by atoms with Gasteiger partial charge in [0.1, 0.15) is 5.75 Å². The lowest BCUT2D eigenvalue weighted by Crippen LogP contribution is -2.18. The zero-order chi connectivity index (χ0) is 20.1. The molecule has 0 unspecified atom stereocenters. The number of carbonyl (C=O) groups is 1. The third-order valence-corrected chi connectivity index (χ3v) is 5.56. The first-order chi connectivity index (χ1) is 13.4. The molecule has 0 aromatic heterocycles. The average Bonchev–Trinajstić information content (AvgIpc) is 2.69. The lowest BCUT2D eigenvalue weighted by molar-refractivity contribution is 0.102. The normalized spacial score (nSPS) is 10.9. The van der Waals surface area contributed by atoms with E-state index in [4.69, 9.17) is 16.3 Å². The van der Waals surface area contributed by atoms with Crippen molar-refractivity contribution in [3.05, 3.63) is 83.4 Å². The summed E-state index contributed by atoms with van der Waals surface area (Å²) in [5, 5.41) is 3.05. The Balaban J connectivity index is 1.86.